The highest BCUT2D eigenvalue weighted by atomic mass is 14.8. The fraction of sp³-hybridized carbons (Fsp3) is 0.500. The molecule has 2 N–H and O–H groups in total. The molecule has 0 radical (unpaired) electrons. The molecule has 0 aromatic carbocycles. The first kappa shape index (κ1) is 14.7. The summed E-state index contributed by atoms with van der Waals surface area (Å²) in [5.74, 6) is 1.20. The summed E-state index contributed by atoms with van der Waals surface area (Å²) in [5, 5.41) is 0. The molecule has 0 bridgehead atoms. The number of allylic oxidation sites excluding steroid dienone is 5. The highest BCUT2D eigenvalue weighted by molar-refractivity contribution is 5.91. The largest absolute Gasteiger partial charge is 0.384 e. The maximum Gasteiger partial charge on any atom is 0.117 e. The van der Waals surface area contributed by atoms with Crippen LogP contribution in [-0.2, 0) is 0 Å². The van der Waals surface area contributed by atoms with Crippen LogP contribution in [0.5, 0.6) is 0 Å². The van der Waals surface area contributed by atoms with Gasteiger partial charge in [0.15, 0.2) is 0 Å². The highest BCUT2D eigenvalue weighted by Gasteiger charge is 1.90. The van der Waals surface area contributed by atoms with Crippen molar-refractivity contribution in [2.75, 3.05) is 6.54 Å². The lowest BCUT2D eigenvalue weighted by Gasteiger charge is -1.98. The maximum atomic E-state index is 5.72. The third-order valence-electron chi connectivity index (χ3n) is 1.87. The number of nitrogens with two attached hydrogens (primary N) is 1. The van der Waals surface area contributed by atoms with Crippen LogP contribution in [0.25, 0.3) is 0 Å². The van der Waals surface area contributed by atoms with Gasteiger partial charge in [0.25, 0.3) is 0 Å². The number of hydrogen-bond acceptors (Lipinski definition) is 1. The summed E-state index contributed by atoms with van der Waals surface area (Å²) >= 11 is 0. The van der Waals surface area contributed by atoms with Gasteiger partial charge in [0.05, 0.1) is 0 Å². The van der Waals surface area contributed by atoms with E-state index < -0.39 is 0 Å². The Morgan fingerprint density at radius 1 is 1.19 bits per heavy atom. The van der Waals surface area contributed by atoms with E-state index in [0.29, 0.717) is 11.8 Å². The number of rotatable bonds is 7. The van der Waals surface area contributed by atoms with E-state index in [1.807, 2.05) is 25.2 Å². The lowest BCUT2D eigenvalue weighted by atomic mass is 10.2. The third kappa shape index (κ3) is 10.8. The Morgan fingerprint density at radius 3 is 2.50 bits per heavy atom. The van der Waals surface area contributed by atoms with Crippen molar-refractivity contribution in [3.63, 3.8) is 0 Å². The zero-order chi connectivity index (χ0) is 12.2. The molecular weight excluding hydrogens is 196 g/mol. The average Bonchev–Trinajstić information content (AvgIpc) is 2.25. The second-order valence-electron chi connectivity index (χ2n) is 4.09. The van der Waals surface area contributed by atoms with Crippen LogP contribution >= 0.6 is 0 Å². The van der Waals surface area contributed by atoms with Gasteiger partial charge in [0.1, 0.15) is 5.84 Å². The first-order chi connectivity index (χ1) is 7.66. The van der Waals surface area contributed by atoms with E-state index in [0.717, 1.165) is 19.4 Å². The maximum absolute atomic E-state index is 5.72. The van der Waals surface area contributed by atoms with Gasteiger partial charge in [0.2, 0.25) is 0 Å². The molecule has 16 heavy (non-hydrogen) atoms. The highest BCUT2D eigenvalue weighted by Crippen LogP contribution is 1.95. The Kier molecular flexibility index (Phi) is 9.38. The van der Waals surface area contributed by atoms with Crippen LogP contribution in [0.2, 0.25) is 0 Å². The molecule has 0 rings (SSSR count). The Labute approximate surface area is 99.6 Å². The number of unbranched alkanes of at least 4 members (excludes halogenated alkanes) is 1. The van der Waals surface area contributed by atoms with Gasteiger partial charge in [-0.05, 0) is 31.8 Å². The minimum atomic E-state index is 0.565. The van der Waals surface area contributed by atoms with Gasteiger partial charge in [-0.15, -0.1) is 0 Å². The van der Waals surface area contributed by atoms with Crippen LogP contribution in [0.4, 0.5) is 0 Å². The van der Waals surface area contributed by atoms with Gasteiger partial charge in [0, 0.05) is 6.54 Å². The molecule has 0 aliphatic carbocycles. The SMILES string of the molecule is C/C=C/C=C\CC/C=C/C(N)=NCC(C)C. The molecule has 2 nitrogen and oxygen atoms in total. The van der Waals surface area contributed by atoms with Crippen LogP contribution < -0.4 is 5.73 Å². The van der Waals surface area contributed by atoms with Gasteiger partial charge < -0.3 is 5.73 Å². The second kappa shape index (κ2) is 10.2. The van der Waals surface area contributed by atoms with Crippen LogP contribution in [-0.4, -0.2) is 12.4 Å². The fourth-order valence-electron chi connectivity index (χ4n) is 1.02. The third-order valence-corrected chi connectivity index (χ3v) is 1.87. The fourth-order valence-corrected chi connectivity index (χ4v) is 1.02. The van der Waals surface area contributed by atoms with Crippen LogP contribution in [0.15, 0.2) is 41.4 Å². The lowest BCUT2D eigenvalue weighted by molar-refractivity contribution is 0.665. The predicted molar refractivity (Wildman–Crippen MR) is 73.7 cm³/mol. The van der Waals surface area contributed by atoms with Crippen molar-refractivity contribution >= 4 is 5.84 Å². The molecule has 90 valence electrons. The van der Waals surface area contributed by atoms with Crippen molar-refractivity contribution in [2.24, 2.45) is 16.6 Å². The summed E-state index contributed by atoms with van der Waals surface area (Å²) in [5.41, 5.74) is 5.72. The molecule has 0 heterocycles. The first-order valence-electron chi connectivity index (χ1n) is 5.91. The quantitative estimate of drug-likeness (QED) is 0.303. The van der Waals surface area contributed by atoms with E-state index in [9.17, 15) is 0 Å². The van der Waals surface area contributed by atoms with Crippen molar-refractivity contribution < 1.29 is 0 Å². The van der Waals surface area contributed by atoms with E-state index in [4.69, 9.17) is 5.73 Å². The van der Waals surface area contributed by atoms with E-state index >= 15 is 0 Å². The van der Waals surface area contributed by atoms with Crippen LogP contribution in [0.1, 0.15) is 33.6 Å². The van der Waals surface area contributed by atoms with Gasteiger partial charge >= 0.3 is 0 Å². The zero-order valence-corrected chi connectivity index (χ0v) is 10.7. The molecule has 0 aromatic heterocycles. The topological polar surface area (TPSA) is 38.4 Å². The predicted octanol–water partition coefficient (Wildman–Crippen LogP) is 3.47. The number of hydrogen-bond donors (Lipinski definition) is 1. The van der Waals surface area contributed by atoms with E-state index in [-0.39, 0.29) is 0 Å². The van der Waals surface area contributed by atoms with Crippen LogP contribution in [0.3, 0.4) is 0 Å². The number of nitrogens with zero attached hydrogens (tertiary/aromatic N) is 1. The minimum Gasteiger partial charge on any atom is -0.384 e. The summed E-state index contributed by atoms with van der Waals surface area (Å²) in [6, 6.07) is 0. The normalized spacial score (nSPS) is 13.9. The minimum absolute atomic E-state index is 0.565. The van der Waals surface area contributed by atoms with Gasteiger partial charge in [-0.2, -0.15) is 0 Å². The molecule has 0 saturated heterocycles. The van der Waals surface area contributed by atoms with E-state index in [1.54, 1.807) is 0 Å². The summed E-state index contributed by atoms with van der Waals surface area (Å²) < 4.78 is 0. The molecule has 0 aromatic rings. The Balaban J connectivity index is 3.71. The van der Waals surface area contributed by atoms with Gasteiger partial charge in [-0.3, -0.25) is 4.99 Å². The molecular formula is C14H24N2. The molecule has 0 saturated carbocycles. The monoisotopic (exact) mass is 220 g/mol. The Bertz CT molecular complexity index is 270. The molecule has 0 aliphatic heterocycles. The zero-order valence-electron chi connectivity index (χ0n) is 10.7. The molecule has 0 unspecified atom stereocenters. The van der Waals surface area contributed by atoms with Crippen molar-refractivity contribution in [2.45, 2.75) is 33.6 Å². The first-order valence-corrected chi connectivity index (χ1v) is 5.91. The van der Waals surface area contributed by atoms with Crippen molar-refractivity contribution in [3.8, 4) is 0 Å². The summed E-state index contributed by atoms with van der Waals surface area (Å²) in [6.45, 7) is 7.08. The van der Waals surface area contributed by atoms with E-state index in [1.165, 1.54) is 0 Å². The van der Waals surface area contributed by atoms with Gasteiger partial charge in [-0.25, -0.2) is 0 Å². The van der Waals surface area contributed by atoms with Crippen molar-refractivity contribution in [1.29, 1.82) is 0 Å². The second-order valence-corrected chi connectivity index (χ2v) is 4.09. The summed E-state index contributed by atoms with van der Waals surface area (Å²) in [4.78, 5) is 4.25. The average molecular weight is 220 g/mol. The van der Waals surface area contributed by atoms with Crippen LogP contribution in [0, 0.1) is 5.92 Å². The molecule has 0 fully saturated rings. The smallest absolute Gasteiger partial charge is 0.117 e. The lowest BCUT2D eigenvalue weighted by Crippen LogP contribution is -2.09. The summed E-state index contributed by atoms with van der Waals surface area (Å²) in [7, 11) is 0. The van der Waals surface area contributed by atoms with Gasteiger partial charge in [-0.1, -0.05) is 44.2 Å². The van der Waals surface area contributed by atoms with Crippen molar-refractivity contribution in [3.05, 3.63) is 36.5 Å². The number of aliphatic imine (C=N–C) groups is 1. The molecule has 0 amide bonds. The molecule has 0 atom stereocenters. The Morgan fingerprint density at radius 2 is 1.88 bits per heavy atom. The molecule has 0 aliphatic rings. The molecule has 0 spiro atoms. The van der Waals surface area contributed by atoms with E-state index in [2.05, 4.69) is 37.1 Å². The Hall–Kier alpha value is -1.31. The summed E-state index contributed by atoms with van der Waals surface area (Å²) in [6.07, 6.45) is 14.3. The number of amidine groups is 1. The molecule has 2 heteroatoms. The van der Waals surface area contributed by atoms with Crippen molar-refractivity contribution in [1.82, 2.24) is 0 Å². The standard InChI is InChI=1S/C14H24N2/c1-4-5-6-7-8-9-10-11-14(15)16-12-13(2)3/h4-7,10-11,13H,8-9,12H2,1-3H3,(H2,15,16)/b5-4+,7-6-,11-10+.